The second-order valence-electron chi connectivity index (χ2n) is 6.46. The van der Waals surface area contributed by atoms with E-state index in [4.69, 9.17) is 23.2 Å². The van der Waals surface area contributed by atoms with Gasteiger partial charge in [-0.2, -0.15) is 0 Å². The van der Waals surface area contributed by atoms with Crippen molar-refractivity contribution in [2.24, 2.45) is 0 Å². The number of rotatable bonds is 5. The Morgan fingerprint density at radius 1 is 1.24 bits per heavy atom. The van der Waals surface area contributed by atoms with Crippen LogP contribution in [-0.2, 0) is 6.67 Å². The number of halogens is 3. The summed E-state index contributed by atoms with van der Waals surface area (Å²) in [5, 5.41) is 8.02. The summed E-state index contributed by atoms with van der Waals surface area (Å²) in [6.07, 6.45) is 5.40. The molecule has 1 fully saturated rings. The number of alkyl halides is 1. The fourth-order valence-electron chi connectivity index (χ4n) is 3.26. The molecule has 1 aliphatic rings. The van der Waals surface area contributed by atoms with E-state index in [-0.39, 0.29) is 6.04 Å². The van der Waals surface area contributed by atoms with Gasteiger partial charge in [0.1, 0.15) is 6.67 Å². The average molecular weight is 382 g/mol. The van der Waals surface area contributed by atoms with Gasteiger partial charge >= 0.3 is 0 Å². The molecule has 0 amide bonds. The third-order valence-corrected chi connectivity index (χ3v) is 5.56. The maximum absolute atomic E-state index is 12.9. The minimum absolute atomic E-state index is 0.109. The van der Waals surface area contributed by atoms with E-state index in [1.54, 1.807) is 12.3 Å². The number of aromatic nitrogens is 1. The lowest BCUT2D eigenvalue weighted by molar-refractivity contribution is 0.359. The number of benzene rings is 1. The molecule has 1 unspecified atom stereocenters. The standard InChI is InChI=1S/C19H22Cl2FN3/c1-12(25-15-4-6-23-7-5-15)16-2-3-17(19(21)18(16)20)14-8-13(9-22)10-24-11-14/h2-3,8,10-12,15,23,25H,4-7,9H2,1H3. The Hall–Kier alpha value is -1.20. The number of nitrogens with one attached hydrogen (secondary N) is 2. The SMILES string of the molecule is CC(NC1CCNCC1)c1ccc(-c2cncc(CF)c2)c(Cl)c1Cl. The van der Waals surface area contributed by atoms with E-state index in [0.717, 1.165) is 42.6 Å². The Labute approximate surface area is 157 Å². The van der Waals surface area contributed by atoms with Gasteiger partial charge in [0, 0.05) is 41.2 Å². The summed E-state index contributed by atoms with van der Waals surface area (Å²) >= 11 is 13.1. The highest BCUT2D eigenvalue weighted by molar-refractivity contribution is 6.44. The third kappa shape index (κ3) is 4.32. The molecular formula is C19H22Cl2FN3. The number of pyridine rings is 1. The monoisotopic (exact) mass is 381 g/mol. The Morgan fingerprint density at radius 3 is 2.72 bits per heavy atom. The van der Waals surface area contributed by atoms with E-state index in [9.17, 15) is 4.39 Å². The summed E-state index contributed by atoms with van der Waals surface area (Å²) in [5.74, 6) is 0. The van der Waals surface area contributed by atoms with Crippen LogP contribution in [0.25, 0.3) is 11.1 Å². The largest absolute Gasteiger partial charge is 0.317 e. The van der Waals surface area contributed by atoms with Crippen molar-refractivity contribution in [1.29, 1.82) is 0 Å². The van der Waals surface area contributed by atoms with Crippen molar-refractivity contribution in [3.63, 3.8) is 0 Å². The van der Waals surface area contributed by atoms with Crippen molar-refractivity contribution in [2.45, 2.75) is 38.5 Å². The highest BCUT2D eigenvalue weighted by Gasteiger charge is 2.20. The van der Waals surface area contributed by atoms with Crippen molar-refractivity contribution in [1.82, 2.24) is 15.6 Å². The minimum atomic E-state index is -0.554. The Balaban J connectivity index is 1.84. The Kier molecular flexibility index (Phi) is 6.29. The molecule has 1 aromatic heterocycles. The topological polar surface area (TPSA) is 37.0 Å². The van der Waals surface area contributed by atoms with Crippen LogP contribution in [0.4, 0.5) is 4.39 Å². The first-order valence-electron chi connectivity index (χ1n) is 8.55. The molecule has 6 heteroatoms. The number of hydrogen-bond donors (Lipinski definition) is 2. The quantitative estimate of drug-likeness (QED) is 0.770. The van der Waals surface area contributed by atoms with Gasteiger partial charge in [0.2, 0.25) is 0 Å². The Bertz CT molecular complexity index is 733. The molecule has 0 aliphatic carbocycles. The molecule has 1 saturated heterocycles. The lowest BCUT2D eigenvalue weighted by atomic mass is 9.99. The van der Waals surface area contributed by atoms with Gasteiger partial charge in [0.15, 0.2) is 0 Å². The third-order valence-electron chi connectivity index (χ3n) is 4.66. The van der Waals surface area contributed by atoms with Gasteiger partial charge in [-0.1, -0.05) is 35.3 Å². The second kappa shape index (κ2) is 8.45. The van der Waals surface area contributed by atoms with Crippen LogP contribution < -0.4 is 10.6 Å². The maximum atomic E-state index is 12.9. The smallest absolute Gasteiger partial charge is 0.116 e. The molecule has 0 spiro atoms. The summed E-state index contributed by atoms with van der Waals surface area (Å²) in [4.78, 5) is 4.08. The average Bonchev–Trinajstić information content (AvgIpc) is 2.64. The van der Waals surface area contributed by atoms with E-state index < -0.39 is 6.67 Å². The molecule has 134 valence electrons. The van der Waals surface area contributed by atoms with Gasteiger partial charge in [-0.05, 0) is 44.5 Å². The van der Waals surface area contributed by atoms with E-state index in [2.05, 4.69) is 22.5 Å². The molecule has 2 N–H and O–H groups in total. The summed E-state index contributed by atoms with van der Waals surface area (Å²) < 4.78 is 12.9. The van der Waals surface area contributed by atoms with Crippen molar-refractivity contribution < 1.29 is 4.39 Å². The summed E-state index contributed by atoms with van der Waals surface area (Å²) in [6, 6.07) is 6.27. The Morgan fingerprint density at radius 2 is 2.00 bits per heavy atom. The zero-order valence-electron chi connectivity index (χ0n) is 14.2. The maximum Gasteiger partial charge on any atom is 0.116 e. The van der Waals surface area contributed by atoms with Gasteiger partial charge in [-0.3, -0.25) is 4.98 Å². The van der Waals surface area contributed by atoms with E-state index in [1.807, 2.05) is 12.1 Å². The molecular weight excluding hydrogens is 360 g/mol. The number of piperidine rings is 1. The van der Waals surface area contributed by atoms with Crippen LogP contribution in [0.3, 0.4) is 0 Å². The molecule has 1 aromatic carbocycles. The summed E-state index contributed by atoms with van der Waals surface area (Å²) in [5.41, 5.74) is 3.04. The zero-order chi connectivity index (χ0) is 17.8. The molecule has 25 heavy (non-hydrogen) atoms. The molecule has 3 rings (SSSR count). The normalized spacial score (nSPS) is 16.8. The second-order valence-corrected chi connectivity index (χ2v) is 7.21. The van der Waals surface area contributed by atoms with Crippen LogP contribution >= 0.6 is 23.2 Å². The predicted octanol–water partition coefficient (Wildman–Crippen LogP) is 4.93. The molecule has 1 aliphatic heterocycles. The van der Waals surface area contributed by atoms with E-state index in [1.165, 1.54) is 6.20 Å². The molecule has 2 aromatic rings. The lowest BCUT2D eigenvalue weighted by Gasteiger charge is -2.28. The molecule has 1 atom stereocenters. The van der Waals surface area contributed by atoms with Gasteiger partial charge < -0.3 is 10.6 Å². The van der Waals surface area contributed by atoms with Crippen molar-refractivity contribution in [2.75, 3.05) is 13.1 Å². The van der Waals surface area contributed by atoms with Crippen LogP contribution in [0.1, 0.15) is 36.9 Å². The van der Waals surface area contributed by atoms with Crippen molar-refractivity contribution >= 4 is 23.2 Å². The van der Waals surface area contributed by atoms with Crippen LogP contribution in [0.15, 0.2) is 30.6 Å². The molecule has 3 nitrogen and oxygen atoms in total. The van der Waals surface area contributed by atoms with E-state index >= 15 is 0 Å². The van der Waals surface area contributed by atoms with Crippen molar-refractivity contribution in [3.05, 3.63) is 51.8 Å². The minimum Gasteiger partial charge on any atom is -0.317 e. The zero-order valence-corrected chi connectivity index (χ0v) is 15.7. The molecule has 0 radical (unpaired) electrons. The molecule has 0 saturated carbocycles. The first-order valence-corrected chi connectivity index (χ1v) is 9.30. The van der Waals surface area contributed by atoms with E-state index in [0.29, 0.717) is 21.7 Å². The highest BCUT2D eigenvalue weighted by Crippen LogP contribution is 2.38. The number of hydrogen-bond acceptors (Lipinski definition) is 3. The van der Waals surface area contributed by atoms with Gasteiger partial charge in [0.05, 0.1) is 10.0 Å². The van der Waals surface area contributed by atoms with Crippen LogP contribution in [0.2, 0.25) is 10.0 Å². The van der Waals surface area contributed by atoms with Gasteiger partial charge in [-0.25, -0.2) is 4.39 Å². The first-order chi connectivity index (χ1) is 12.1. The van der Waals surface area contributed by atoms with Crippen LogP contribution in [-0.4, -0.2) is 24.1 Å². The molecule has 2 heterocycles. The van der Waals surface area contributed by atoms with Gasteiger partial charge in [0.25, 0.3) is 0 Å². The van der Waals surface area contributed by atoms with Crippen LogP contribution in [0.5, 0.6) is 0 Å². The van der Waals surface area contributed by atoms with Gasteiger partial charge in [-0.15, -0.1) is 0 Å². The predicted molar refractivity (Wildman–Crippen MR) is 102 cm³/mol. The lowest BCUT2D eigenvalue weighted by Crippen LogP contribution is -2.41. The fraction of sp³-hybridized carbons (Fsp3) is 0.421. The van der Waals surface area contributed by atoms with Crippen molar-refractivity contribution in [3.8, 4) is 11.1 Å². The number of nitrogens with zero attached hydrogens (tertiary/aromatic N) is 1. The summed E-state index contributed by atoms with van der Waals surface area (Å²) in [7, 11) is 0. The van der Waals surface area contributed by atoms with Crippen LogP contribution in [0, 0.1) is 0 Å². The summed E-state index contributed by atoms with van der Waals surface area (Å²) in [6.45, 7) is 3.62. The fourth-order valence-corrected chi connectivity index (χ4v) is 3.87. The molecule has 0 bridgehead atoms. The highest BCUT2D eigenvalue weighted by atomic mass is 35.5. The first kappa shape index (κ1) is 18.6.